The van der Waals surface area contributed by atoms with Crippen LogP contribution in [0.1, 0.15) is 49.8 Å². The minimum Gasteiger partial charge on any atom is -0.496 e. The predicted molar refractivity (Wildman–Crippen MR) is 127 cm³/mol. The maximum atomic E-state index is 13.8. The van der Waals surface area contributed by atoms with Crippen LogP contribution < -0.4 is 14.2 Å². The van der Waals surface area contributed by atoms with Gasteiger partial charge in [0.05, 0.1) is 44.4 Å². The Balaban J connectivity index is 2.23. The van der Waals surface area contributed by atoms with Gasteiger partial charge in [-0.05, 0) is 31.4 Å². The second kappa shape index (κ2) is 10.6. The van der Waals surface area contributed by atoms with E-state index < -0.39 is 16.1 Å². The van der Waals surface area contributed by atoms with Gasteiger partial charge in [-0.25, -0.2) is 8.42 Å². The number of benzene rings is 2. The van der Waals surface area contributed by atoms with Crippen molar-refractivity contribution in [2.24, 2.45) is 5.92 Å². The topological polar surface area (TPSA) is 82.1 Å². The van der Waals surface area contributed by atoms with E-state index in [1.807, 2.05) is 6.92 Å². The highest BCUT2D eigenvalue weighted by atomic mass is 32.2. The number of unbranched alkanes of at least 4 members (excludes halogenated alkanes) is 1. The molecule has 0 radical (unpaired) electrons. The van der Waals surface area contributed by atoms with Crippen LogP contribution in [0.25, 0.3) is 0 Å². The van der Waals surface area contributed by atoms with Crippen molar-refractivity contribution in [2.75, 3.05) is 27.9 Å². The lowest BCUT2D eigenvalue weighted by molar-refractivity contribution is -0.123. The zero-order valence-corrected chi connectivity index (χ0v) is 20.8. The average Bonchev–Trinajstić information content (AvgIpc) is 2.81. The Morgan fingerprint density at radius 1 is 1.00 bits per heavy atom. The van der Waals surface area contributed by atoms with Crippen LogP contribution in [0.4, 0.5) is 0 Å². The Labute approximate surface area is 196 Å². The standard InChI is InChI=1S/C25H33NO6S/c1-6-7-8-18-13-19(27)16-26(33(28,29)21-11-9-17(2)10-12-21)25(18)24-22(31-4)14-20(30-3)15-23(24)32-5/h9-12,14-15,18,25H,6-8,13,16H2,1-5H3/t18-,25-/m0/s1. The summed E-state index contributed by atoms with van der Waals surface area (Å²) in [6, 6.07) is 9.53. The Morgan fingerprint density at radius 2 is 1.61 bits per heavy atom. The Morgan fingerprint density at radius 3 is 2.12 bits per heavy atom. The van der Waals surface area contributed by atoms with E-state index in [-0.39, 0.29) is 23.1 Å². The SMILES string of the molecule is CCCC[C@H]1CC(=O)CN(S(=O)(=O)c2ccc(C)cc2)[C@@H]1c1c(OC)cc(OC)cc1OC. The first kappa shape index (κ1) is 25.1. The number of sulfonamides is 1. The summed E-state index contributed by atoms with van der Waals surface area (Å²) in [5.74, 6) is 1.18. The van der Waals surface area contributed by atoms with Gasteiger partial charge in [0.15, 0.2) is 0 Å². The summed E-state index contributed by atoms with van der Waals surface area (Å²) in [5.41, 5.74) is 1.57. The van der Waals surface area contributed by atoms with Crippen molar-refractivity contribution in [2.45, 2.75) is 50.5 Å². The fourth-order valence-corrected chi connectivity index (χ4v) is 6.13. The predicted octanol–water partition coefficient (Wildman–Crippen LogP) is 4.53. The van der Waals surface area contributed by atoms with Crippen LogP contribution in [0.3, 0.4) is 0 Å². The molecule has 8 heteroatoms. The Kier molecular flexibility index (Phi) is 8.02. The van der Waals surface area contributed by atoms with Crippen molar-refractivity contribution in [3.05, 3.63) is 47.5 Å². The number of hydrogen-bond acceptors (Lipinski definition) is 6. The van der Waals surface area contributed by atoms with Gasteiger partial charge < -0.3 is 14.2 Å². The smallest absolute Gasteiger partial charge is 0.244 e. The summed E-state index contributed by atoms with van der Waals surface area (Å²) in [6.45, 7) is 3.79. The zero-order chi connectivity index (χ0) is 24.2. The fourth-order valence-electron chi connectivity index (χ4n) is 4.49. The summed E-state index contributed by atoms with van der Waals surface area (Å²) in [5, 5.41) is 0. The molecule has 1 heterocycles. The molecule has 33 heavy (non-hydrogen) atoms. The molecule has 0 aliphatic carbocycles. The van der Waals surface area contributed by atoms with Crippen molar-refractivity contribution in [1.29, 1.82) is 0 Å². The summed E-state index contributed by atoms with van der Waals surface area (Å²) in [7, 11) is 0.651. The first-order valence-electron chi connectivity index (χ1n) is 11.2. The molecule has 3 rings (SSSR count). The van der Waals surface area contributed by atoms with Crippen LogP contribution in [0.15, 0.2) is 41.3 Å². The third-order valence-corrected chi connectivity index (χ3v) is 8.03. The number of rotatable bonds is 9. The third-order valence-electron chi connectivity index (χ3n) is 6.18. The summed E-state index contributed by atoms with van der Waals surface area (Å²) in [6.07, 6.45) is 2.85. The quantitative estimate of drug-likeness (QED) is 0.530. The second-order valence-corrected chi connectivity index (χ2v) is 10.3. The lowest BCUT2D eigenvalue weighted by Gasteiger charge is -2.41. The van der Waals surface area contributed by atoms with E-state index >= 15 is 0 Å². The molecule has 180 valence electrons. The monoisotopic (exact) mass is 475 g/mol. The van der Waals surface area contributed by atoms with E-state index in [4.69, 9.17) is 14.2 Å². The maximum absolute atomic E-state index is 13.8. The van der Waals surface area contributed by atoms with Gasteiger partial charge in [0.1, 0.15) is 23.0 Å². The molecule has 0 unspecified atom stereocenters. The number of aryl methyl sites for hydroxylation is 1. The second-order valence-electron chi connectivity index (χ2n) is 8.40. The molecule has 1 fully saturated rings. The molecule has 0 N–H and O–H groups in total. The van der Waals surface area contributed by atoms with Gasteiger partial charge in [0.2, 0.25) is 10.0 Å². The lowest BCUT2D eigenvalue weighted by atomic mass is 9.81. The van der Waals surface area contributed by atoms with Gasteiger partial charge in [-0.3, -0.25) is 4.79 Å². The van der Waals surface area contributed by atoms with Crippen LogP contribution in [0.5, 0.6) is 17.2 Å². The van der Waals surface area contributed by atoms with Crippen molar-refractivity contribution >= 4 is 15.8 Å². The molecule has 2 aromatic rings. The van der Waals surface area contributed by atoms with E-state index in [0.717, 1.165) is 18.4 Å². The van der Waals surface area contributed by atoms with E-state index in [1.165, 1.54) is 18.5 Å². The molecule has 0 spiro atoms. The summed E-state index contributed by atoms with van der Waals surface area (Å²) < 4.78 is 45.7. The Hall–Kier alpha value is -2.58. The average molecular weight is 476 g/mol. The van der Waals surface area contributed by atoms with Gasteiger partial charge in [0, 0.05) is 18.6 Å². The van der Waals surface area contributed by atoms with Crippen LogP contribution in [0, 0.1) is 12.8 Å². The van der Waals surface area contributed by atoms with Crippen molar-refractivity contribution < 1.29 is 27.4 Å². The zero-order valence-electron chi connectivity index (χ0n) is 20.0. The number of Topliss-reactive ketones (excluding diaryl/α,β-unsaturated/α-hetero) is 1. The molecule has 2 aromatic carbocycles. The normalized spacial score (nSPS) is 19.4. The Bertz CT molecular complexity index is 1060. The summed E-state index contributed by atoms with van der Waals surface area (Å²) >= 11 is 0. The number of nitrogens with zero attached hydrogens (tertiary/aromatic N) is 1. The molecule has 0 saturated carbocycles. The third kappa shape index (κ3) is 5.17. The first-order valence-corrected chi connectivity index (χ1v) is 12.6. The minimum absolute atomic E-state index is 0.0884. The van der Waals surface area contributed by atoms with Crippen LogP contribution >= 0.6 is 0 Å². The number of carbonyl (C=O) groups excluding carboxylic acids is 1. The van der Waals surface area contributed by atoms with Gasteiger partial charge in [0.25, 0.3) is 0 Å². The summed E-state index contributed by atoms with van der Waals surface area (Å²) in [4.78, 5) is 12.9. The number of methoxy groups -OCH3 is 3. The number of piperidine rings is 1. The molecule has 1 aliphatic rings. The molecular weight excluding hydrogens is 442 g/mol. The van der Waals surface area contributed by atoms with Crippen LogP contribution in [-0.2, 0) is 14.8 Å². The molecular formula is C25H33NO6S. The van der Waals surface area contributed by atoms with Crippen LogP contribution in [-0.4, -0.2) is 46.4 Å². The number of carbonyl (C=O) groups is 1. The van der Waals surface area contributed by atoms with Gasteiger partial charge in [-0.15, -0.1) is 0 Å². The fraction of sp³-hybridized carbons (Fsp3) is 0.480. The van der Waals surface area contributed by atoms with Gasteiger partial charge in [-0.2, -0.15) is 4.31 Å². The van der Waals surface area contributed by atoms with Crippen molar-refractivity contribution in [1.82, 2.24) is 4.31 Å². The molecule has 7 nitrogen and oxygen atoms in total. The van der Waals surface area contributed by atoms with Crippen molar-refractivity contribution in [3.63, 3.8) is 0 Å². The lowest BCUT2D eigenvalue weighted by Crippen LogP contribution is -2.47. The highest BCUT2D eigenvalue weighted by Crippen LogP contribution is 2.48. The molecule has 2 atom stereocenters. The minimum atomic E-state index is -3.96. The highest BCUT2D eigenvalue weighted by molar-refractivity contribution is 7.89. The van der Waals surface area contributed by atoms with E-state index in [1.54, 1.807) is 43.5 Å². The molecule has 0 aromatic heterocycles. The molecule has 1 aliphatic heterocycles. The van der Waals surface area contributed by atoms with Crippen LogP contribution in [0.2, 0.25) is 0 Å². The van der Waals surface area contributed by atoms with Gasteiger partial charge in [-0.1, -0.05) is 37.5 Å². The molecule has 0 amide bonds. The van der Waals surface area contributed by atoms with Gasteiger partial charge >= 0.3 is 0 Å². The highest BCUT2D eigenvalue weighted by Gasteiger charge is 2.45. The maximum Gasteiger partial charge on any atom is 0.244 e. The first-order chi connectivity index (χ1) is 15.8. The van der Waals surface area contributed by atoms with Crippen molar-refractivity contribution in [3.8, 4) is 17.2 Å². The number of ether oxygens (including phenoxy) is 3. The molecule has 1 saturated heterocycles. The largest absolute Gasteiger partial charge is 0.496 e. The van der Waals surface area contributed by atoms with E-state index in [2.05, 4.69) is 6.92 Å². The van der Waals surface area contributed by atoms with E-state index in [0.29, 0.717) is 35.7 Å². The number of ketones is 1. The molecule has 0 bridgehead atoms. The number of hydrogen-bond donors (Lipinski definition) is 0. The van der Waals surface area contributed by atoms with E-state index in [9.17, 15) is 13.2 Å².